The number of carbonyl (C=O) groups excluding carboxylic acids is 1. The molecule has 5 nitrogen and oxygen atoms in total. The maximum absolute atomic E-state index is 12.2. The van der Waals surface area contributed by atoms with E-state index in [0.29, 0.717) is 12.2 Å². The summed E-state index contributed by atoms with van der Waals surface area (Å²) in [6, 6.07) is 10.6. The average Bonchev–Trinajstić information content (AvgIpc) is 3.17. The minimum Gasteiger partial charge on any atom is -0.347 e. The number of aromatic nitrogens is 1. The number of amides is 1. The predicted octanol–water partition coefficient (Wildman–Crippen LogP) is 1.61. The van der Waals surface area contributed by atoms with Crippen LogP contribution >= 0.6 is 11.3 Å². The van der Waals surface area contributed by atoms with E-state index in [1.807, 2.05) is 6.07 Å². The van der Waals surface area contributed by atoms with Gasteiger partial charge in [0.2, 0.25) is 0 Å². The van der Waals surface area contributed by atoms with Gasteiger partial charge in [-0.15, -0.1) is 11.3 Å². The molecule has 6 heteroatoms. The van der Waals surface area contributed by atoms with Gasteiger partial charge in [0.25, 0.3) is 5.91 Å². The van der Waals surface area contributed by atoms with Crippen molar-refractivity contribution in [2.45, 2.75) is 25.6 Å². The molecule has 3 rings (SSSR count). The topological polar surface area (TPSA) is 71.2 Å². The number of hydrogen-bond donors (Lipinski definition) is 2. The Balaban J connectivity index is 1.51. The van der Waals surface area contributed by atoms with Gasteiger partial charge in [-0.25, -0.2) is 4.98 Å². The van der Waals surface area contributed by atoms with Crippen LogP contribution < -0.4 is 11.1 Å². The van der Waals surface area contributed by atoms with Crippen LogP contribution in [0.15, 0.2) is 35.7 Å². The Labute approximate surface area is 134 Å². The van der Waals surface area contributed by atoms with Crippen molar-refractivity contribution in [3.05, 3.63) is 52.0 Å². The van der Waals surface area contributed by atoms with Crippen molar-refractivity contribution in [1.29, 1.82) is 0 Å². The third kappa shape index (κ3) is 3.71. The van der Waals surface area contributed by atoms with E-state index in [1.54, 1.807) is 5.38 Å². The number of likely N-dealkylation sites (tertiary alicyclic amines) is 1. The van der Waals surface area contributed by atoms with Crippen molar-refractivity contribution in [3.8, 4) is 0 Å². The lowest BCUT2D eigenvalue weighted by molar-refractivity contribution is 0.0933. The second-order valence-electron chi connectivity index (χ2n) is 5.51. The summed E-state index contributed by atoms with van der Waals surface area (Å²) >= 11 is 1.43. The molecular formula is C16H20N4OS. The second-order valence-corrected chi connectivity index (χ2v) is 6.45. The largest absolute Gasteiger partial charge is 0.347 e. The molecule has 1 aromatic carbocycles. The van der Waals surface area contributed by atoms with E-state index in [-0.39, 0.29) is 11.9 Å². The van der Waals surface area contributed by atoms with Gasteiger partial charge in [0.1, 0.15) is 10.7 Å². The summed E-state index contributed by atoms with van der Waals surface area (Å²) in [5.41, 5.74) is 7.31. The Bertz CT molecular complexity index is 628. The Morgan fingerprint density at radius 3 is 2.95 bits per heavy atom. The van der Waals surface area contributed by atoms with Crippen LogP contribution in [0.1, 0.15) is 27.5 Å². The van der Waals surface area contributed by atoms with Crippen molar-refractivity contribution in [2.75, 3.05) is 13.1 Å². The first-order valence-electron chi connectivity index (χ1n) is 7.46. The van der Waals surface area contributed by atoms with Crippen molar-refractivity contribution in [3.63, 3.8) is 0 Å². The van der Waals surface area contributed by atoms with Crippen LogP contribution in [0.2, 0.25) is 0 Å². The SMILES string of the molecule is NCc1nc(C(=O)NC2CCN(Cc3ccccc3)C2)cs1. The highest BCUT2D eigenvalue weighted by Gasteiger charge is 2.24. The monoisotopic (exact) mass is 316 g/mol. The van der Waals surface area contributed by atoms with Gasteiger partial charge in [0, 0.05) is 37.6 Å². The van der Waals surface area contributed by atoms with Crippen molar-refractivity contribution in [1.82, 2.24) is 15.2 Å². The standard InChI is InChI=1S/C16H20N4OS/c17-8-15-19-14(11-22-15)16(21)18-13-6-7-20(10-13)9-12-4-2-1-3-5-12/h1-5,11,13H,6-10,17H2,(H,18,21). The molecule has 0 aliphatic carbocycles. The van der Waals surface area contributed by atoms with Crippen LogP contribution in [-0.4, -0.2) is 34.9 Å². The van der Waals surface area contributed by atoms with E-state index in [9.17, 15) is 4.79 Å². The summed E-state index contributed by atoms with van der Waals surface area (Å²) in [6.07, 6.45) is 0.979. The quantitative estimate of drug-likeness (QED) is 0.879. The molecule has 0 saturated carbocycles. The Morgan fingerprint density at radius 2 is 2.23 bits per heavy atom. The number of hydrogen-bond acceptors (Lipinski definition) is 5. The van der Waals surface area contributed by atoms with Crippen molar-refractivity contribution < 1.29 is 4.79 Å². The van der Waals surface area contributed by atoms with Crippen LogP contribution in [0.3, 0.4) is 0 Å². The van der Waals surface area contributed by atoms with Gasteiger partial charge in [-0.3, -0.25) is 9.69 Å². The van der Waals surface area contributed by atoms with Gasteiger partial charge in [-0.05, 0) is 12.0 Å². The van der Waals surface area contributed by atoms with Crippen LogP contribution in [-0.2, 0) is 13.1 Å². The lowest BCUT2D eigenvalue weighted by Crippen LogP contribution is -2.37. The molecule has 1 aliphatic heterocycles. The first kappa shape index (κ1) is 15.1. The number of nitrogens with one attached hydrogen (secondary N) is 1. The normalized spacial score (nSPS) is 18.5. The van der Waals surface area contributed by atoms with Gasteiger partial charge >= 0.3 is 0 Å². The fraction of sp³-hybridized carbons (Fsp3) is 0.375. The Morgan fingerprint density at radius 1 is 1.41 bits per heavy atom. The highest BCUT2D eigenvalue weighted by molar-refractivity contribution is 7.09. The summed E-state index contributed by atoms with van der Waals surface area (Å²) in [5, 5.41) is 5.64. The highest BCUT2D eigenvalue weighted by Crippen LogP contribution is 2.15. The number of benzene rings is 1. The Hall–Kier alpha value is -1.76. The molecule has 22 heavy (non-hydrogen) atoms. The van der Waals surface area contributed by atoms with Gasteiger partial charge < -0.3 is 11.1 Å². The first-order chi connectivity index (χ1) is 10.7. The summed E-state index contributed by atoms with van der Waals surface area (Å²) in [4.78, 5) is 18.8. The maximum Gasteiger partial charge on any atom is 0.271 e. The maximum atomic E-state index is 12.2. The fourth-order valence-corrected chi connectivity index (χ4v) is 3.36. The lowest BCUT2D eigenvalue weighted by atomic mass is 10.2. The summed E-state index contributed by atoms with van der Waals surface area (Å²) < 4.78 is 0. The molecule has 1 aliphatic rings. The molecular weight excluding hydrogens is 296 g/mol. The smallest absolute Gasteiger partial charge is 0.271 e. The van der Waals surface area contributed by atoms with E-state index < -0.39 is 0 Å². The van der Waals surface area contributed by atoms with Crippen LogP contribution in [0.4, 0.5) is 0 Å². The van der Waals surface area contributed by atoms with E-state index >= 15 is 0 Å². The molecule has 1 unspecified atom stereocenters. The molecule has 1 fully saturated rings. The molecule has 1 amide bonds. The van der Waals surface area contributed by atoms with E-state index in [2.05, 4.69) is 39.5 Å². The average molecular weight is 316 g/mol. The number of nitrogens with zero attached hydrogens (tertiary/aromatic N) is 2. The zero-order valence-corrected chi connectivity index (χ0v) is 13.2. The van der Waals surface area contributed by atoms with E-state index in [4.69, 9.17) is 5.73 Å². The van der Waals surface area contributed by atoms with Gasteiger partial charge in [0.05, 0.1) is 0 Å². The highest BCUT2D eigenvalue weighted by atomic mass is 32.1. The molecule has 1 saturated heterocycles. The summed E-state index contributed by atoms with van der Waals surface area (Å²) in [6.45, 7) is 3.20. The van der Waals surface area contributed by atoms with Crippen molar-refractivity contribution in [2.24, 2.45) is 5.73 Å². The molecule has 1 aromatic heterocycles. The number of carbonyl (C=O) groups is 1. The minimum atomic E-state index is -0.0949. The summed E-state index contributed by atoms with van der Waals surface area (Å²) in [5.74, 6) is -0.0949. The van der Waals surface area contributed by atoms with Gasteiger partial charge in [-0.2, -0.15) is 0 Å². The van der Waals surface area contributed by atoms with Crippen LogP contribution in [0.25, 0.3) is 0 Å². The molecule has 0 bridgehead atoms. The molecule has 0 radical (unpaired) electrons. The minimum absolute atomic E-state index is 0.0949. The van der Waals surface area contributed by atoms with Crippen LogP contribution in [0, 0.1) is 0 Å². The zero-order chi connectivity index (χ0) is 15.4. The molecule has 1 atom stereocenters. The number of rotatable bonds is 5. The van der Waals surface area contributed by atoms with Crippen LogP contribution in [0.5, 0.6) is 0 Å². The van der Waals surface area contributed by atoms with E-state index in [0.717, 1.165) is 31.1 Å². The lowest BCUT2D eigenvalue weighted by Gasteiger charge is -2.16. The van der Waals surface area contributed by atoms with Crippen molar-refractivity contribution >= 4 is 17.2 Å². The fourth-order valence-electron chi connectivity index (χ4n) is 2.70. The van der Waals surface area contributed by atoms with E-state index in [1.165, 1.54) is 16.9 Å². The van der Waals surface area contributed by atoms with Gasteiger partial charge in [0.15, 0.2) is 0 Å². The number of thiazole rings is 1. The summed E-state index contributed by atoms with van der Waals surface area (Å²) in [7, 11) is 0. The first-order valence-corrected chi connectivity index (χ1v) is 8.34. The molecule has 3 N–H and O–H groups in total. The third-order valence-electron chi connectivity index (χ3n) is 3.82. The molecule has 2 heterocycles. The number of nitrogens with two attached hydrogens (primary N) is 1. The Kier molecular flexibility index (Phi) is 4.82. The molecule has 0 spiro atoms. The molecule has 2 aromatic rings. The third-order valence-corrected chi connectivity index (χ3v) is 4.69. The van der Waals surface area contributed by atoms with Gasteiger partial charge in [-0.1, -0.05) is 30.3 Å². The molecule has 116 valence electrons. The zero-order valence-electron chi connectivity index (χ0n) is 12.4. The predicted molar refractivity (Wildman–Crippen MR) is 87.6 cm³/mol. The second kappa shape index (κ2) is 7.00.